The van der Waals surface area contributed by atoms with Crippen LogP contribution in [0.3, 0.4) is 0 Å². The largest absolute Gasteiger partial charge is 0.390 e. The van der Waals surface area contributed by atoms with E-state index in [0.717, 1.165) is 12.2 Å². The third-order valence-corrected chi connectivity index (χ3v) is 1.26. The van der Waals surface area contributed by atoms with Gasteiger partial charge < -0.3 is 5.32 Å². The second-order valence-corrected chi connectivity index (χ2v) is 2.47. The van der Waals surface area contributed by atoms with Crippen LogP contribution in [-0.4, -0.2) is 13.3 Å². The Bertz CT molecular complexity index is 183. The van der Waals surface area contributed by atoms with E-state index >= 15 is 0 Å². The molecule has 0 amide bonds. The lowest BCUT2D eigenvalue weighted by molar-refractivity contribution is 0.917. The lowest BCUT2D eigenvalue weighted by atomic mass is 10.4. The Morgan fingerprint density at radius 3 is 2.82 bits per heavy atom. The fraction of sp³-hybridized carbons (Fsp3) is 0.375. The number of allylic oxidation sites excluding steroid dienone is 3. The maximum Gasteiger partial charge on any atom is 0.0580 e. The second-order valence-electron chi connectivity index (χ2n) is 2.03. The van der Waals surface area contributed by atoms with Crippen molar-refractivity contribution < 1.29 is 0 Å². The highest BCUT2D eigenvalue weighted by Crippen LogP contribution is 2.05. The summed E-state index contributed by atoms with van der Waals surface area (Å²) < 4.78 is 0. The van der Waals surface area contributed by atoms with Crippen LogP contribution in [0.25, 0.3) is 0 Å². The molecule has 0 aromatic carbocycles. The minimum absolute atomic E-state index is 0.636. The van der Waals surface area contributed by atoms with Gasteiger partial charge in [-0.05, 0) is 26.6 Å². The first kappa shape index (κ1) is 10.2. The monoisotopic (exact) mass is 172 g/mol. The van der Waals surface area contributed by atoms with E-state index in [9.17, 15) is 0 Å². The van der Waals surface area contributed by atoms with Crippen LogP contribution in [0.15, 0.2) is 28.0 Å². The molecule has 0 aliphatic carbocycles. The minimum Gasteiger partial charge on any atom is -0.390 e. The summed E-state index contributed by atoms with van der Waals surface area (Å²) in [6.07, 6.45) is 3.48. The molecule has 1 N–H and O–H groups in total. The molecule has 0 unspecified atom stereocenters. The number of hydrogen-bond acceptors (Lipinski definition) is 2. The molecule has 0 fully saturated rings. The highest BCUT2D eigenvalue weighted by atomic mass is 35.5. The summed E-state index contributed by atoms with van der Waals surface area (Å²) in [4.78, 5) is 3.69. The van der Waals surface area contributed by atoms with Crippen LogP contribution in [0.4, 0.5) is 0 Å². The van der Waals surface area contributed by atoms with Gasteiger partial charge in [-0.3, -0.25) is 4.99 Å². The first-order chi connectivity index (χ1) is 5.20. The van der Waals surface area contributed by atoms with E-state index in [-0.39, 0.29) is 0 Å². The van der Waals surface area contributed by atoms with E-state index in [4.69, 9.17) is 11.6 Å². The van der Waals surface area contributed by atoms with E-state index in [2.05, 4.69) is 17.0 Å². The predicted octanol–water partition coefficient (Wildman–Crippen LogP) is 2.28. The number of nitrogens with zero attached hydrogens (tertiary/aromatic N) is 1. The van der Waals surface area contributed by atoms with Gasteiger partial charge in [-0.1, -0.05) is 11.6 Å². The topological polar surface area (TPSA) is 24.4 Å². The summed E-state index contributed by atoms with van der Waals surface area (Å²) in [5, 5.41) is 3.61. The van der Waals surface area contributed by atoms with Crippen LogP contribution in [0, 0.1) is 0 Å². The zero-order valence-electron chi connectivity index (χ0n) is 6.89. The van der Waals surface area contributed by atoms with Crippen molar-refractivity contribution in [1.29, 1.82) is 0 Å². The quantitative estimate of drug-likeness (QED) is 0.511. The standard InChI is InChI=1S/C8H13ClN2/c1-4-11-6-8(9)5-7(2)10-3/h5-6,11H,3-4H2,1-2H3/b7-5+,8-6+. The van der Waals surface area contributed by atoms with Gasteiger partial charge in [0.05, 0.1) is 5.03 Å². The van der Waals surface area contributed by atoms with Crippen LogP contribution < -0.4 is 5.32 Å². The molecular formula is C8H13ClN2. The molecule has 0 spiro atoms. The van der Waals surface area contributed by atoms with E-state index in [0.29, 0.717) is 5.03 Å². The Labute approximate surface area is 72.7 Å². The number of aliphatic imine (C=N–C) groups is 1. The Balaban J connectivity index is 4.03. The van der Waals surface area contributed by atoms with Gasteiger partial charge in [0.1, 0.15) is 0 Å². The van der Waals surface area contributed by atoms with Gasteiger partial charge in [-0.15, -0.1) is 0 Å². The zero-order valence-corrected chi connectivity index (χ0v) is 7.65. The maximum atomic E-state index is 5.77. The molecule has 11 heavy (non-hydrogen) atoms. The molecule has 0 saturated carbocycles. The van der Waals surface area contributed by atoms with Gasteiger partial charge in [0.2, 0.25) is 0 Å². The average Bonchev–Trinajstić information content (AvgIpc) is 2.00. The summed E-state index contributed by atoms with van der Waals surface area (Å²) in [5.74, 6) is 0. The van der Waals surface area contributed by atoms with Gasteiger partial charge in [-0.2, -0.15) is 0 Å². The van der Waals surface area contributed by atoms with Crippen molar-refractivity contribution in [3.8, 4) is 0 Å². The first-order valence-electron chi connectivity index (χ1n) is 3.44. The molecule has 0 saturated heterocycles. The van der Waals surface area contributed by atoms with Crippen LogP contribution in [0.5, 0.6) is 0 Å². The molecule has 0 aromatic rings. The molecule has 3 heteroatoms. The predicted molar refractivity (Wildman–Crippen MR) is 50.9 cm³/mol. The van der Waals surface area contributed by atoms with Crippen molar-refractivity contribution in [2.24, 2.45) is 4.99 Å². The summed E-state index contributed by atoms with van der Waals surface area (Å²) in [6, 6.07) is 0. The van der Waals surface area contributed by atoms with Crippen molar-refractivity contribution in [2.75, 3.05) is 6.54 Å². The molecule has 0 radical (unpaired) electrons. The second kappa shape index (κ2) is 5.98. The van der Waals surface area contributed by atoms with Gasteiger partial charge in [0.25, 0.3) is 0 Å². The first-order valence-corrected chi connectivity index (χ1v) is 3.82. The van der Waals surface area contributed by atoms with E-state index < -0.39 is 0 Å². The minimum atomic E-state index is 0.636. The number of hydrogen-bond donors (Lipinski definition) is 1. The van der Waals surface area contributed by atoms with Gasteiger partial charge in [0.15, 0.2) is 0 Å². The summed E-state index contributed by atoms with van der Waals surface area (Å²) in [6.45, 7) is 8.08. The van der Waals surface area contributed by atoms with Gasteiger partial charge >= 0.3 is 0 Å². The van der Waals surface area contributed by atoms with Crippen molar-refractivity contribution in [3.05, 3.63) is 23.0 Å². The maximum absolute atomic E-state index is 5.77. The molecule has 2 nitrogen and oxygen atoms in total. The molecule has 0 aromatic heterocycles. The fourth-order valence-electron chi connectivity index (χ4n) is 0.486. The number of rotatable bonds is 4. The molecule has 0 aliphatic heterocycles. The summed E-state index contributed by atoms with van der Waals surface area (Å²) >= 11 is 5.77. The Hall–Kier alpha value is -0.760. The lowest BCUT2D eigenvalue weighted by Gasteiger charge is -1.94. The molecule has 0 atom stereocenters. The molecule has 0 aliphatic rings. The molecular weight excluding hydrogens is 160 g/mol. The van der Waals surface area contributed by atoms with Crippen molar-refractivity contribution in [1.82, 2.24) is 5.32 Å². The highest BCUT2D eigenvalue weighted by Gasteiger charge is 1.85. The Morgan fingerprint density at radius 2 is 2.36 bits per heavy atom. The lowest BCUT2D eigenvalue weighted by Crippen LogP contribution is -2.02. The van der Waals surface area contributed by atoms with Crippen molar-refractivity contribution >= 4 is 18.3 Å². The summed E-state index contributed by atoms with van der Waals surface area (Å²) in [5.41, 5.74) is 0.809. The smallest absolute Gasteiger partial charge is 0.0580 e. The third kappa shape index (κ3) is 5.67. The van der Waals surface area contributed by atoms with Crippen molar-refractivity contribution in [3.63, 3.8) is 0 Å². The van der Waals surface area contributed by atoms with Crippen molar-refractivity contribution in [2.45, 2.75) is 13.8 Å². The highest BCUT2D eigenvalue weighted by molar-refractivity contribution is 6.31. The van der Waals surface area contributed by atoms with Gasteiger partial charge in [0, 0.05) is 18.4 Å². The van der Waals surface area contributed by atoms with Gasteiger partial charge in [-0.25, -0.2) is 0 Å². The Morgan fingerprint density at radius 1 is 1.73 bits per heavy atom. The fourth-order valence-corrected chi connectivity index (χ4v) is 0.721. The zero-order chi connectivity index (χ0) is 8.69. The molecule has 0 rings (SSSR count). The van der Waals surface area contributed by atoms with E-state index in [1.165, 1.54) is 0 Å². The van der Waals surface area contributed by atoms with Crippen LogP contribution in [-0.2, 0) is 0 Å². The van der Waals surface area contributed by atoms with E-state index in [1.54, 1.807) is 12.3 Å². The SMILES string of the molecule is C=N/C(C)=C/C(Cl)=C\NCC. The third-order valence-electron chi connectivity index (χ3n) is 1.04. The molecule has 0 bridgehead atoms. The number of halogens is 1. The summed E-state index contributed by atoms with van der Waals surface area (Å²) in [7, 11) is 0. The number of nitrogens with one attached hydrogen (secondary N) is 1. The van der Waals surface area contributed by atoms with Crippen LogP contribution in [0.1, 0.15) is 13.8 Å². The molecule has 62 valence electrons. The molecule has 0 heterocycles. The van der Waals surface area contributed by atoms with Crippen LogP contribution in [0.2, 0.25) is 0 Å². The van der Waals surface area contributed by atoms with E-state index in [1.807, 2.05) is 13.8 Å². The van der Waals surface area contributed by atoms with Crippen LogP contribution >= 0.6 is 11.6 Å². The Kier molecular flexibility index (Phi) is 5.57. The normalized spacial score (nSPS) is 13.0. The average molecular weight is 173 g/mol.